The van der Waals surface area contributed by atoms with Crippen molar-refractivity contribution in [3.05, 3.63) is 83.9 Å². The number of amides is 2. The van der Waals surface area contributed by atoms with Crippen LogP contribution in [0.4, 0.5) is 14.9 Å². The maximum atomic E-state index is 13.0. The highest BCUT2D eigenvalue weighted by molar-refractivity contribution is 5.89. The molecule has 2 N–H and O–H groups in total. The molecule has 1 unspecified atom stereocenters. The number of rotatable bonds is 6. The van der Waals surface area contributed by atoms with Crippen LogP contribution in [0, 0.1) is 12.7 Å². The Labute approximate surface area is 164 Å². The lowest BCUT2D eigenvalue weighted by atomic mass is 10.0. The van der Waals surface area contributed by atoms with E-state index < -0.39 is 0 Å². The van der Waals surface area contributed by atoms with Gasteiger partial charge in [0.15, 0.2) is 0 Å². The smallest absolute Gasteiger partial charge is 0.319 e. The van der Waals surface area contributed by atoms with Gasteiger partial charge >= 0.3 is 6.03 Å². The van der Waals surface area contributed by atoms with Crippen molar-refractivity contribution in [1.29, 1.82) is 0 Å². The van der Waals surface area contributed by atoms with E-state index in [1.54, 1.807) is 18.3 Å². The third-order valence-electron chi connectivity index (χ3n) is 4.60. The van der Waals surface area contributed by atoms with Gasteiger partial charge in [-0.05, 0) is 72.9 Å². The summed E-state index contributed by atoms with van der Waals surface area (Å²) in [6, 6.07) is 17.8. The number of anilines is 1. The summed E-state index contributed by atoms with van der Waals surface area (Å²) in [7, 11) is 0. The minimum absolute atomic E-state index is 0.0236. The van der Waals surface area contributed by atoms with E-state index in [9.17, 15) is 9.18 Å². The number of halogens is 1. The van der Waals surface area contributed by atoms with Crippen LogP contribution in [-0.4, -0.2) is 17.1 Å². The number of hydrogen-bond acceptors (Lipinski definition) is 2. The van der Waals surface area contributed by atoms with Gasteiger partial charge in [-0.2, -0.15) is 0 Å². The maximum Gasteiger partial charge on any atom is 0.319 e. The fourth-order valence-electron chi connectivity index (χ4n) is 3.03. The molecule has 0 aliphatic rings. The second-order valence-corrected chi connectivity index (χ2v) is 6.80. The number of urea groups is 1. The standard InChI is InChI=1S/C23H24FN3O/c1-3-21(15-17-4-8-20(24)9-5-17)26-23(28)27-22-10-6-18(7-11-22)19-12-13-25-16(2)14-19/h4-14,21H,3,15H2,1-2H3,(H2,26,27,28). The summed E-state index contributed by atoms with van der Waals surface area (Å²) >= 11 is 0. The topological polar surface area (TPSA) is 54.0 Å². The number of nitrogens with zero attached hydrogens (tertiary/aromatic N) is 1. The number of benzene rings is 2. The van der Waals surface area contributed by atoms with Gasteiger partial charge in [0.2, 0.25) is 0 Å². The fourth-order valence-corrected chi connectivity index (χ4v) is 3.03. The van der Waals surface area contributed by atoms with Crippen LogP contribution in [0.25, 0.3) is 11.1 Å². The molecule has 0 spiro atoms. The van der Waals surface area contributed by atoms with E-state index in [1.807, 2.05) is 50.2 Å². The Kier molecular flexibility index (Phi) is 6.37. The first-order valence-electron chi connectivity index (χ1n) is 9.38. The predicted molar refractivity (Wildman–Crippen MR) is 111 cm³/mol. The lowest BCUT2D eigenvalue weighted by Crippen LogP contribution is -2.38. The second kappa shape index (κ2) is 9.13. The number of pyridine rings is 1. The number of carbonyl (C=O) groups is 1. The zero-order valence-electron chi connectivity index (χ0n) is 16.1. The van der Waals surface area contributed by atoms with Gasteiger partial charge in [-0.3, -0.25) is 4.98 Å². The van der Waals surface area contributed by atoms with Crippen molar-refractivity contribution >= 4 is 11.7 Å². The number of aromatic nitrogens is 1. The van der Waals surface area contributed by atoms with Crippen LogP contribution in [-0.2, 0) is 6.42 Å². The number of hydrogen-bond donors (Lipinski definition) is 2. The molecule has 1 aromatic heterocycles. The van der Waals surface area contributed by atoms with Gasteiger partial charge in [-0.15, -0.1) is 0 Å². The molecular weight excluding hydrogens is 353 g/mol. The highest BCUT2D eigenvalue weighted by Gasteiger charge is 2.11. The minimum Gasteiger partial charge on any atom is -0.335 e. The lowest BCUT2D eigenvalue weighted by molar-refractivity contribution is 0.248. The third kappa shape index (κ3) is 5.39. The summed E-state index contributed by atoms with van der Waals surface area (Å²) < 4.78 is 13.0. The van der Waals surface area contributed by atoms with Crippen LogP contribution in [0.3, 0.4) is 0 Å². The molecule has 144 valence electrons. The van der Waals surface area contributed by atoms with Gasteiger partial charge in [0, 0.05) is 23.6 Å². The Bertz CT molecular complexity index is 923. The van der Waals surface area contributed by atoms with Crippen LogP contribution in [0.15, 0.2) is 66.9 Å². The molecule has 0 fully saturated rings. The molecule has 0 saturated heterocycles. The maximum absolute atomic E-state index is 13.0. The van der Waals surface area contributed by atoms with Crippen LogP contribution >= 0.6 is 0 Å². The van der Waals surface area contributed by atoms with Gasteiger partial charge < -0.3 is 10.6 Å². The first-order chi connectivity index (χ1) is 13.5. The SMILES string of the molecule is CCC(Cc1ccc(F)cc1)NC(=O)Nc1ccc(-c2ccnc(C)c2)cc1. The van der Waals surface area contributed by atoms with E-state index in [1.165, 1.54) is 12.1 Å². The van der Waals surface area contributed by atoms with E-state index in [-0.39, 0.29) is 17.9 Å². The predicted octanol–water partition coefficient (Wildman–Crippen LogP) is 5.34. The van der Waals surface area contributed by atoms with Gasteiger partial charge in [0.05, 0.1) is 0 Å². The Morgan fingerprint density at radius 1 is 1.04 bits per heavy atom. The minimum atomic E-state index is -0.257. The van der Waals surface area contributed by atoms with Gasteiger partial charge in [-0.1, -0.05) is 31.2 Å². The molecule has 1 heterocycles. The fraction of sp³-hybridized carbons (Fsp3) is 0.217. The Hall–Kier alpha value is -3.21. The lowest BCUT2D eigenvalue weighted by Gasteiger charge is -2.18. The quantitative estimate of drug-likeness (QED) is 0.609. The highest BCUT2D eigenvalue weighted by atomic mass is 19.1. The molecule has 0 bridgehead atoms. The third-order valence-corrected chi connectivity index (χ3v) is 4.60. The van der Waals surface area contributed by atoms with Crippen molar-refractivity contribution in [2.24, 2.45) is 0 Å². The molecule has 0 radical (unpaired) electrons. The number of carbonyl (C=O) groups excluding carboxylic acids is 1. The summed E-state index contributed by atoms with van der Waals surface area (Å²) in [4.78, 5) is 16.5. The average molecular weight is 377 g/mol. The Balaban J connectivity index is 1.58. The van der Waals surface area contributed by atoms with E-state index in [0.717, 1.165) is 34.5 Å². The largest absolute Gasteiger partial charge is 0.335 e. The Morgan fingerprint density at radius 3 is 2.39 bits per heavy atom. The molecule has 5 heteroatoms. The van der Waals surface area contributed by atoms with Crippen LogP contribution in [0.1, 0.15) is 24.6 Å². The van der Waals surface area contributed by atoms with Crippen molar-refractivity contribution in [1.82, 2.24) is 10.3 Å². The molecule has 2 amide bonds. The van der Waals surface area contributed by atoms with Crippen molar-refractivity contribution < 1.29 is 9.18 Å². The molecule has 2 aromatic carbocycles. The van der Waals surface area contributed by atoms with E-state index >= 15 is 0 Å². The molecule has 0 aliphatic carbocycles. The first kappa shape index (κ1) is 19.5. The molecule has 0 aliphatic heterocycles. The molecule has 0 saturated carbocycles. The van der Waals surface area contributed by atoms with E-state index in [0.29, 0.717) is 6.42 Å². The van der Waals surface area contributed by atoms with Gasteiger partial charge in [0.25, 0.3) is 0 Å². The normalized spacial score (nSPS) is 11.7. The van der Waals surface area contributed by atoms with Crippen molar-refractivity contribution in [2.75, 3.05) is 5.32 Å². The van der Waals surface area contributed by atoms with Crippen molar-refractivity contribution in [2.45, 2.75) is 32.7 Å². The van der Waals surface area contributed by atoms with Crippen LogP contribution in [0.5, 0.6) is 0 Å². The highest BCUT2D eigenvalue weighted by Crippen LogP contribution is 2.21. The number of aryl methyl sites for hydroxylation is 1. The average Bonchev–Trinajstić information content (AvgIpc) is 2.69. The van der Waals surface area contributed by atoms with E-state index in [2.05, 4.69) is 15.6 Å². The summed E-state index contributed by atoms with van der Waals surface area (Å²) in [5.41, 5.74) is 4.84. The molecule has 1 atom stereocenters. The van der Waals surface area contributed by atoms with Crippen LogP contribution in [0.2, 0.25) is 0 Å². The van der Waals surface area contributed by atoms with E-state index in [4.69, 9.17) is 0 Å². The molecule has 28 heavy (non-hydrogen) atoms. The summed E-state index contributed by atoms with van der Waals surface area (Å²) in [6.45, 7) is 3.97. The number of nitrogens with one attached hydrogen (secondary N) is 2. The van der Waals surface area contributed by atoms with Crippen LogP contribution < -0.4 is 10.6 Å². The monoisotopic (exact) mass is 377 g/mol. The summed E-state index contributed by atoms with van der Waals surface area (Å²) in [6.07, 6.45) is 3.23. The molecule has 3 rings (SSSR count). The second-order valence-electron chi connectivity index (χ2n) is 6.80. The first-order valence-corrected chi connectivity index (χ1v) is 9.38. The Morgan fingerprint density at radius 2 is 1.75 bits per heavy atom. The molecule has 3 aromatic rings. The zero-order chi connectivity index (χ0) is 19.9. The van der Waals surface area contributed by atoms with Crippen molar-refractivity contribution in [3.63, 3.8) is 0 Å². The molecular formula is C23H24FN3O. The zero-order valence-corrected chi connectivity index (χ0v) is 16.1. The summed E-state index contributed by atoms with van der Waals surface area (Å²) in [5, 5.41) is 5.85. The van der Waals surface area contributed by atoms with Crippen molar-refractivity contribution in [3.8, 4) is 11.1 Å². The van der Waals surface area contributed by atoms with Gasteiger partial charge in [-0.25, -0.2) is 9.18 Å². The molecule has 4 nitrogen and oxygen atoms in total. The van der Waals surface area contributed by atoms with Gasteiger partial charge in [0.1, 0.15) is 5.82 Å². The summed E-state index contributed by atoms with van der Waals surface area (Å²) in [5.74, 6) is -0.257.